The second-order valence-corrected chi connectivity index (χ2v) is 3.41. The number of carboxylic acid groups (broad SMARTS) is 1. The first-order valence-electron chi connectivity index (χ1n) is 5.00. The minimum absolute atomic E-state index is 0.280. The van der Waals surface area contributed by atoms with Crippen molar-refractivity contribution in [1.29, 1.82) is 0 Å². The van der Waals surface area contributed by atoms with Gasteiger partial charge in [0, 0.05) is 11.6 Å². The molecule has 84 valence electrons. The molecule has 0 spiro atoms. The fourth-order valence-electron chi connectivity index (χ4n) is 1.48. The summed E-state index contributed by atoms with van der Waals surface area (Å²) < 4.78 is 10.7. The minimum atomic E-state index is -0.952. The predicted molar refractivity (Wildman–Crippen MR) is 57.8 cm³/mol. The smallest absolute Gasteiger partial charge is 0.328 e. The van der Waals surface area contributed by atoms with E-state index >= 15 is 0 Å². The number of rotatable bonds is 3. The lowest BCUT2D eigenvalue weighted by molar-refractivity contribution is -0.131. The van der Waals surface area contributed by atoms with E-state index in [1.165, 1.54) is 0 Å². The van der Waals surface area contributed by atoms with Gasteiger partial charge in [0.25, 0.3) is 0 Å². The molecule has 1 aliphatic rings. The standard InChI is InChI=1S/C12H12O4/c13-11(14)6-3-9-1-4-10(5-2-9)12-15-7-8-16-12/h1-6,12H,7-8H2,(H,13,14). The Kier molecular flexibility index (Phi) is 3.34. The van der Waals surface area contributed by atoms with E-state index in [9.17, 15) is 4.79 Å². The van der Waals surface area contributed by atoms with Crippen molar-refractivity contribution < 1.29 is 19.4 Å². The monoisotopic (exact) mass is 220 g/mol. The van der Waals surface area contributed by atoms with Crippen LogP contribution in [0.25, 0.3) is 6.08 Å². The molecule has 1 aliphatic heterocycles. The van der Waals surface area contributed by atoms with Crippen LogP contribution in [0.5, 0.6) is 0 Å². The van der Waals surface area contributed by atoms with Crippen molar-refractivity contribution in [2.75, 3.05) is 13.2 Å². The summed E-state index contributed by atoms with van der Waals surface area (Å²) in [7, 11) is 0. The number of benzene rings is 1. The second-order valence-electron chi connectivity index (χ2n) is 3.41. The summed E-state index contributed by atoms with van der Waals surface area (Å²) in [5.74, 6) is -0.952. The highest BCUT2D eigenvalue weighted by Crippen LogP contribution is 2.23. The fourth-order valence-corrected chi connectivity index (χ4v) is 1.48. The van der Waals surface area contributed by atoms with Gasteiger partial charge in [-0.15, -0.1) is 0 Å². The Morgan fingerprint density at radius 1 is 1.25 bits per heavy atom. The zero-order valence-corrected chi connectivity index (χ0v) is 8.63. The zero-order chi connectivity index (χ0) is 11.4. The molecule has 16 heavy (non-hydrogen) atoms. The van der Waals surface area contributed by atoms with E-state index in [0.717, 1.165) is 17.2 Å². The van der Waals surface area contributed by atoms with E-state index in [4.69, 9.17) is 14.6 Å². The van der Waals surface area contributed by atoms with Crippen molar-refractivity contribution in [2.45, 2.75) is 6.29 Å². The molecule has 1 fully saturated rings. The number of aliphatic carboxylic acids is 1. The van der Waals surface area contributed by atoms with Gasteiger partial charge in [-0.1, -0.05) is 24.3 Å². The largest absolute Gasteiger partial charge is 0.478 e. The van der Waals surface area contributed by atoms with Gasteiger partial charge in [-0.2, -0.15) is 0 Å². The van der Waals surface area contributed by atoms with Crippen LogP contribution in [0.2, 0.25) is 0 Å². The van der Waals surface area contributed by atoms with Crippen molar-refractivity contribution in [3.05, 3.63) is 41.5 Å². The summed E-state index contributed by atoms with van der Waals surface area (Å²) in [4.78, 5) is 10.3. The van der Waals surface area contributed by atoms with E-state index in [-0.39, 0.29) is 6.29 Å². The molecule has 1 heterocycles. The quantitative estimate of drug-likeness (QED) is 0.789. The number of hydrogen-bond donors (Lipinski definition) is 1. The van der Waals surface area contributed by atoms with Crippen LogP contribution < -0.4 is 0 Å². The molecule has 0 amide bonds. The third-order valence-electron chi connectivity index (χ3n) is 2.25. The number of hydrogen-bond acceptors (Lipinski definition) is 3. The number of carbonyl (C=O) groups is 1. The number of ether oxygens (including phenoxy) is 2. The van der Waals surface area contributed by atoms with Crippen LogP contribution in [-0.2, 0) is 14.3 Å². The molecule has 0 atom stereocenters. The van der Waals surface area contributed by atoms with Gasteiger partial charge >= 0.3 is 5.97 Å². The summed E-state index contributed by atoms with van der Waals surface area (Å²) in [6, 6.07) is 7.41. The minimum Gasteiger partial charge on any atom is -0.478 e. The van der Waals surface area contributed by atoms with Crippen molar-refractivity contribution in [2.24, 2.45) is 0 Å². The van der Waals surface area contributed by atoms with E-state index in [0.29, 0.717) is 13.2 Å². The Morgan fingerprint density at radius 3 is 2.44 bits per heavy atom. The first-order valence-corrected chi connectivity index (χ1v) is 5.00. The lowest BCUT2D eigenvalue weighted by Crippen LogP contribution is -1.97. The van der Waals surface area contributed by atoms with Gasteiger partial charge in [0.05, 0.1) is 13.2 Å². The van der Waals surface area contributed by atoms with Crippen LogP contribution in [0.15, 0.2) is 30.3 Å². The molecule has 1 aromatic carbocycles. The molecule has 0 saturated carbocycles. The summed E-state index contributed by atoms with van der Waals surface area (Å²) >= 11 is 0. The molecular weight excluding hydrogens is 208 g/mol. The summed E-state index contributed by atoms with van der Waals surface area (Å²) in [6.45, 7) is 1.23. The predicted octanol–water partition coefficient (Wildman–Crippen LogP) is 1.83. The molecule has 0 aliphatic carbocycles. The topological polar surface area (TPSA) is 55.8 Å². The Labute approximate surface area is 93.1 Å². The molecule has 1 aromatic rings. The molecule has 0 unspecified atom stereocenters. The van der Waals surface area contributed by atoms with Crippen molar-refractivity contribution in [3.8, 4) is 0 Å². The highest BCUT2D eigenvalue weighted by Gasteiger charge is 2.17. The van der Waals surface area contributed by atoms with Crippen LogP contribution in [0.1, 0.15) is 17.4 Å². The maximum absolute atomic E-state index is 10.3. The van der Waals surface area contributed by atoms with Gasteiger partial charge in [-0.25, -0.2) is 4.79 Å². The average Bonchev–Trinajstić information content (AvgIpc) is 2.80. The van der Waals surface area contributed by atoms with E-state index in [2.05, 4.69) is 0 Å². The van der Waals surface area contributed by atoms with E-state index in [1.807, 2.05) is 24.3 Å². The Hall–Kier alpha value is -1.65. The molecule has 2 rings (SSSR count). The highest BCUT2D eigenvalue weighted by molar-refractivity contribution is 5.85. The molecule has 0 bridgehead atoms. The molecule has 0 aromatic heterocycles. The van der Waals surface area contributed by atoms with Gasteiger partial charge in [0.1, 0.15) is 0 Å². The van der Waals surface area contributed by atoms with Crippen molar-refractivity contribution in [3.63, 3.8) is 0 Å². The first-order chi connectivity index (χ1) is 7.75. The van der Waals surface area contributed by atoms with Crippen LogP contribution in [0.4, 0.5) is 0 Å². The van der Waals surface area contributed by atoms with Crippen LogP contribution in [-0.4, -0.2) is 24.3 Å². The van der Waals surface area contributed by atoms with E-state index < -0.39 is 5.97 Å². The maximum atomic E-state index is 10.3. The van der Waals surface area contributed by atoms with Crippen LogP contribution in [0.3, 0.4) is 0 Å². The van der Waals surface area contributed by atoms with Gasteiger partial charge in [0.15, 0.2) is 6.29 Å². The summed E-state index contributed by atoms with van der Waals surface area (Å²) in [5.41, 5.74) is 1.79. The molecule has 4 nitrogen and oxygen atoms in total. The first kappa shape index (κ1) is 10.9. The molecule has 1 saturated heterocycles. The lowest BCUT2D eigenvalue weighted by Gasteiger charge is -2.08. The van der Waals surface area contributed by atoms with Crippen molar-refractivity contribution in [1.82, 2.24) is 0 Å². The Bertz CT molecular complexity index is 388. The van der Waals surface area contributed by atoms with Crippen LogP contribution >= 0.6 is 0 Å². The Morgan fingerprint density at radius 2 is 1.88 bits per heavy atom. The third kappa shape index (κ3) is 2.68. The lowest BCUT2D eigenvalue weighted by atomic mass is 10.1. The van der Waals surface area contributed by atoms with Crippen molar-refractivity contribution >= 4 is 12.0 Å². The van der Waals surface area contributed by atoms with Gasteiger partial charge in [-0.3, -0.25) is 0 Å². The molecule has 0 radical (unpaired) electrons. The zero-order valence-electron chi connectivity index (χ0n) is 8.63. The molecular formula is C12H12O4. The maximum Gasteiger partial charge on any atom is 0.328 e. The molecule has 4 heteroatoms. The van der Waals surface area contributed by atoms with Gasteiger partial charge in [-0.05, 0) is 11.6 Å². The second kappa shape index (κ2) is 4.92. The Balaban J connectivity index is 2.06. The fraction of sp³-hybridized carbons (Fsp3) is 0.250. The highest BCUT2D eigenvalue weighted by atomic mass is 16.7. The summed E-state index contributed by atoms with van der Waals surface area (Å²) in [5, 5.41) is 8.48. The van der Waals surface area contributed by atoms with Gasteiger partial charge in [0.2, 0.25) is 0 Å². The third-order valence-corrected chi connectivity index (χ3v) is 2.25. The number of carboxylic acids is 1. The van der Waals surface area contributed by atoms with Crippen LogP contribution in [0, 0.1) is 0 Å². The van der Waals surface area contributed by atoms with E-state index in [1.54, 1.807) is 6.08 Å². The average molecular weight is 220 g/mol. The normalized spacial score (nSPS) is 17.0. The van der Waals surface area contributed by atoms with Gasteiger partial charge < -0.3 is 14.6 Å². The SMILES string of the molecule is O=C(O)C=Cc1ccc(C2OCCO2)cc1. The molecule has 1 N–H and O–H groups in total. The summed E-state index contributed by atoms with van der Waals surface area (Å²) in [6.07, 6.45) is 2.37.